The largest absolute Gasteiger partial charge is 0.321 e. The maximum atomic E-state index is 12.9. The van der Waals surface area contributed by atoms with Crippen LogP contribution in [0.1, 0.15) is 27.8 Å². The molecule has 6 nitrogen and oxygen atoms in total. The minimum Gasteiger partial charge on any atom is -0.321 e. The van der Waals surface area contributed by atoms with Gasteiger partial charge >= 0.3 is 0 Å². The summed E-state index contributed by atoms with van der Waals surface area (Å²) in [7, 11) is 0. The van der Waals surface area contributed by atoms with Crippen LogP contribution in [0.15, 0.2) is 70.8 Å². The number of rotatable bonds is 3. The van der Waals surface area contributed by atoms with Crippen LogP contribution in [-0.4, -0.2) is 28.3 Å². The molecule has 1 N–H and O–H groups in total. The molecule has 0 spiro atoms. The molecule has 134 valence electrons. The summed E-state index contributed by atoms with van der Waals surface area (Å²) in [5, 5.41) is 3.52. The van der Waals surface area contributed by atoms with Gasteiger partial charge in [-0.3, -0.25) is 14.6 Å². The van der Waals surface area contributed by atoms with Gasteiger partial charge in [0, 0.05) is 29.5 Å². The zero-order valence-corrected chi connectivity index (χ0v) is 15.4. The third-order valence-corrected chi connectivity index (χ3v) is 5.24. The number of carbonyl (C=O) groups is 2. The van der Waals surface area contributed by atoms with Gasteiger partial charge in [0.15, 0.2) is 0 Å². The van der Waals surface area contributed by atoms with E-state index in [1.807, 2.05) is 19.1 Å². The van der Waals surface area contributed by atoms with Gasteiger partial charge in [-0.15, -0.1) is 0 Å². The predicted molar refractivity (Wildman–Crippen MR) is 104 cm³/mol. The highest BCUT2D eigenvalue weighted by Gasteiger charge is 2.27. The lowest BCUT2D eigenvalue weighted by Gasteiger charge is -2.21. The van der Waals surface area contributed by atoms with Crippen LogP contribution < -0.4 is 10.2 Å². The molecule has 0 fully saturated rings. The number of nitrogens with one attached hydrogen (secondary N) is 1. The Bertz CT molecular complexity index is 1020. The topological polar surface area (TPSA) is 75.2 Å². The molecule has 0 radical (unpaired) electrons. The van der Waals surface area contributed by atoms with Crippen molar-refractivity contribution in [3.8, 4) is 0 Å². The highest BCUT2D eigenvalue weighted by Crippen LogP contribution is 2.41. The van der Waals surface area contributed by atoms with Gasteiger partial charge in [-0.05, 0) is 49.4 Å². The zero-order valence-electron chi connectivity index (χ0n) is 14.5. The fourth-order valence-corrected chi connectivity index (χ4v) is 3.95. The average molecular weight is 376 g/mol. The number of carbonyl (C=O) groups excluding carboxylic acids is 2. The average Bonchev–Trinajstić information content (AvgIpc) is 2.82. The number of amides is 2. The van der Waals surface area contributed by atoms with Crippen LogP contribution >= 0.6 is 11.8 Å². The zero-order chi connectivity index (χ0) is 18.8. The van der Waals surface area contributed by atoms with Crippen molar-refractivity contribution in [2.45, 2.75) is 16.8 Å². The summed E-state index contributed by atoms with van der Waals surface area (Å²) < 4.78 is 0. The second-order valence-electron chi connectivity index (χ2n) is 5.86. The van der Waals surface area contributed by atoms with Crippen molar-refractivity contribution < 1.29 is 9.59 Å². The number of pyridine rings is 2. The monoisotopic (exact) mass is 376 g/mol. The van der Waals surface area contributed by atoms with Crippen molar-refractivity contribution in [1.82, 2.24) is 9.97 Å². The Kier molecular flexibility index (Phi) is 4.60. The number of hydrogen-bond donors (Lipinski definition) is 1. The summed E-state index contributed by atoms with van der Waals surface area (Å²) >= 11 is 1.42. The Labute approximate surface area is 160 Å². The molecule has 1 aliphatic heterocycles. The lowest BCUT2D eigenvalue weighted by molar-refractivity contribution is 0.0983. The smallest absolute Gasteiger partial charge is 0.274 e. The van der Waals surface area contributed by atoms with E-state index in [9.17, 15) is 9.59 Å². The first-order valence-electron chi connectivity index (χ1n) is 8.48. The van der Waals surface area contributed by atoms with Crippen LogP contribution in [0.3, 0.4) is 0 Å². The number of aromatic nitrogens is 2. The standard InChI is InChI=1S/C20H16N4O2S/c1-2-24-16-9-8-13(23-18(25)15-7-3-4-10-21-15)12-17(16)27-19-14(20(24)26)6-5-11-22-19/h3-12H,2H2,1H3,(H,23,25). The summed E-state index contributed by atoms with van der Waals surface area (Å²) in [5.74, 6) is -0.353. The molecule has 0 unspecified atom stereocenters. The molecule has 2 aromatic heterocycles. The van der Waals surface area contributed by atoms with Gasteiger partial charge < -0.3 is 10.2 Å². The van der Waals surface area contributed by atoms with Gasteiger partial charge in [0.05, 0.1) is 11.3 Å². The first-order valence-corrected chi connectivity index (χ1v) is 9.30. The highest BCUT2D eigenvalue weighted by atomic mass is 32.2. The van der Waals surface area contributed by atoms with Crippen molar-refractivity contribution >= 4 is 35.0 Å². The van der Waals surface area contributed by atoms with Gasteiger partial charge in [-0.1, -0.05) is 17.8 Å². The second-order valence-corrected chi connectivity index (χ2v) is 6.89. The summed E-state index contributed by atoms with van der Waals surface area (Å²) in [5.41, 5.74) is 2.37. The summed E-state index contributed by atoms with van der Waals surface area (Å²) in [4.78, 5) is 36.2. The summed E-state index contributed by atoms with van der Waals surface area (Å²) in [6, 6.07) is 14.2. The van der Waals surface area contributed by atoms with E-state index in [-0.39, 0.29) is 11.8 Å². The van der Waals surface area contributed by atoms with E-state index >= 15 is 0 Å². The van der Waals surface area contributed by atoms with Crippen LogP contribution in [-0.2, 0) is 0 Å². The van der Waals surface area contributed by atoms with E-state index in [1.54, 1.807) is 53.7 Å². The molecule has 4 rings (SSSR count). The molecule has 2 amide bonds. The van der Waals surface area contributed by atoms with Crippen molar-refractivity contribution in [3.63, 3.8) is 0 Å². The lowest BCUT2D eigenvalue weighted by atomic mass is 10.2. The molecule has 0 saturated carbocycles. The predicted octanol–water partition coefficient (Wildman–Crippen LogP) is 3.86. The molecule has 0 saturated heterocycles. The summed E-state index contributed by atoms with van der Waals surface area (Å²) in [6.07, 6.45) is 3.25. The Morgan fingerprint density at radius 3 is 2.74 bits per heavy atom. The van der Waals surface area contributed by atoms with Crippen LogP contribution in [0.5, 0.6) is 0 Å². The van der Waals surface area contributed by atoms with E-state index in [0.29, 0.717) is 28.5 Å². The maximum Gasteiger partial charge on any atom is 0.274 e. The molecular weight excluding hydrogens is 360 g/mol. The quantitative estimate of drug-likeness (QED) is 0.751. The van der Waals surface area contributed by atoms with Gasteiger partial charge in [0.2, 0.25) is 0 Å². The van der Waals surface area contributed by atoms with Crippen molar-refractivity contribution in [2.24, 2.45) is 0 Å². The SMILES string of the molecule is CCN1C(=O)c2cccnc2Sc2cc(NC(=O)c3ccccn3)ccc21. The molecule has 3 heterocycles. The Hall–Kier alpha value is -3.19. The maximum absolute atomic E-state index is 12.9. The number of fused-ring (bicyclic) bond motifs is 2. The van der Waals surface area contributed by atoms with Gasteiger partial charge in [0.25, 0.3) is 11.8 Å². The minimum absolute atomic E-state index is 0.0721. The summed E-state index contributed by atoms with van der Waals surface area (Å²) in [6.45, 7) is 2.48. The fraction of sp³-hybridized carbons (Fsp3) is 0.100. The minimum atomic E-state index is -0.281. The third kappa shape index (κ3) is 3.29. The first kappa shape index (κ1) is 17.2. The molecule has 1 aromatic carbocycles. The van der Waals surface area contributed by atoms with Crippen molar-refractivity contribution in [2.75, 3.05) is 16.8 Å². The molecule has 0 atom stereocenters. The van der Waals surface area contributed by atoms with E-state index in [2.05, 4.69) is 15.3 Å². The Morgan fingerprint density at radius 2 is 1.96 bits per heavy atom. The molecule has 27 heavy (non-hydrogen) atoms. The van der Waals surface area contributed by atoms with Crippen LogP contribution in [0.2, 0.25) is 0 Å². The number of nitrogens with zero attached hydrogens (tertiary/aromatic N) is 3. The fourth-order valence-electron chi connectivity index (χ4n) is 2.90. The third-order valence-electron chi connectivity index (χ3n) is 4.18. The normalized spacial score (nSPS) is 12.8. The number of benzene rings is 1. The van der Waals surface area contributed by atoms with Crippen LogP contribution in [0, 0.1) is 0 Å². The Morgan fingerprint density at radius 1 is 1.11 bits per heavy atom. The van der Waals surface area contributed by atoms with E-state index in [1.165, 1.54) is 11.8 Å². The van der Waals surface area contributed by atoms with E-state index in [4.69, 9.17) is 0 Å². The van der Waals surface area contributed by atoms with Crippen molar-refractivity contribution in [1.29, 1.82) is 0 Å². The van der Waals surface area contributed by atoms with Crippen LogP contribution in [0.25, 0.3) is 0 Å². The molecule has 0 aliphatic carbocycles. The Balaban J connectivity index is 1.70. The highest BCUT2D eigenvalue weighted by molar-refractivity contribution is 7.99. The molecule has 3 aromatic rings. The lowest BCUT2D eigenvalue weighted by Crippen LogP contribution is -2.30. The van der Waals surface area contributed by atoms with Gasteiger partial charge in [-0.2, -0.15) is 0 Å². The molecular formula is C20H16N4O2S. The molecule has 1 aliphatic rings. The molecule has 7 heteroatoms. The van der Waals surface area contributed by atoms with E-state index < -0.39 is 0 Å². The van der Waals surface area contributed by atoms with Gasteiger partial charge in [-0.25, -0.2) is 4.98 Å². The van der Waals surface area contributed by atoms with E-state index in [0.717, 1.165) is 10.6 Å². The second kappa shape index (κ2) is 7.20. The van der Waals surface area contributed by atoms with Gasteiger partial charge in [0.1, 0.15) is 10.7 Å². The first-order chi connectivity index (χ1) is 13.2. The van der Waals surface area contributed by atoms with Crippen molar-refractivity contribution in [3.05, 3.63) is 72.2 Å². The molecule has 0 bridgehead atoms. The number of anilines is 2. The van der Waals surface area contributed by atoms with Crippen LogP contribution in [0.4, 0.5) is 11.4 Å². The number of hydrogen-bond acceptors (Lipinski definition) is 5.